The van der Waals surface area contributed by atoms with Crippen LogP contribution < -0.4 is 4.74 Å². The van der Waals surface area contributed by atoms with Crippen LogP contribution in [-0.2, 0) is 24.3 Å². The summed E-state index contributed by atoms with van der Waals surface area (Å²) < 4.78 is 52.8. The molecule has 0 bridgehead atoms. The molecule has 1 aromatic heterocycles. The fraction of sp³-hybridized carbons (Fsp3) is 0.286. The number of aromatic nitrogens is 3. The Morgan fingerprint density at radius 3 is 2.00 bits per heavy atom. The van der Waals surface area contributed by atoms with E-state index in [0.29, 0.717) is 18.8 Å². The van der Waals surface area contributed by atoms with Gasteiger partial charge in [-0.05, 0) is 34.9 Å². The van der Waals surface area contributed by atoms with Gasteiger partial charge in [-0.3, -0.25) is 0 Å². The average Bonchev–Trinajstić information content (AvgIpc) is 3.31. The molecular formula is C28H30F3N3O2Si. The van der Waals surface area contributed by atoms with E-state index in [4.69, 9.17) is 9.47 Å². The molecule has 0 fully saturated rings. The van der Waals surface area contributed by atoms with Crippen LogP contribution in [0.3, 0.4) is 0 Å². The number of hydrogen-bond donors (Lipinski definition) is 0. The monoisotopic (exact) mass is 525 g/mol. The Hall–Kier alpha value is -3.43. The van der Waals surface area contributed by atoms with Crippen LogP contribution in [0, 0.1) is 0 Å². The maximum absolute atomic E-state index is 13.6. The second-order valence-corrected chi connectivity index (χ2v) is 15.6. The summed E-state index contributed by atoms with van der Waals surface area (Å²) in [6.45, 7) is 7.14. The maximum Gasteiger partial charge on any atom is 0.451 e. The number of rotatable bonds is 10. The zero-order chi connectivity index (χ0) is 26.5. The standard InChI is InChI=1S/C28H30F3N3O2Si/c1-37(2,3)18-17-35-20-34-27(28(29,30)31)32-26(33-34)24-11-9-22(10-12-24)23-13-15-25(16-14-23)36-19-21-7-5-4-6-8-21/h4-16H,17-20H2,1-3H3. The van der Waals surface area contributed by atoms with Crippen LogP contribution in [0.25, 0.3) is 22.5 Å². The number of ether oxygens (including phenoxy) is 2. The van der Waals surface area contributed by atoms with Crippen molar-refractivity contribution in [2.75, 3.05) is 6.61 Å². The van der Waals surface area contributed by atoms with Gasteiger partial charge in [0.15, 0.2) is 5.82 Å². The molecule has 0 aliphatic heterocycles. The topological polar surface area (TPSA) is 49.2 Å². The van der Waals surface area contributed by atoms with Gasteiger partial charge in [0, 0.05) is 20.2 Å². The summed E-state index contributed by atoms with van der Waals surface area (Å²) in [5, 5.41) is 4.10. The summed E-state index contributed by atoms with van der Waals surface area (Å²) >= 11 is 0. The molecule has 0 atom stereocenters. The summed E-state index contributed by atoms with van der Waals surface area (Å²) in [5.41, 5.74) is 3.47. The number of halogens is 3. The first kappa shape index (κ1) is 26.6. The van der Waals surface area contributed by atoms with Crippen molar-refractivity contribution >= 4 is 8.07 Å². The van der Waals surface area contributed by atoms with Crippen LogP contribution in [0.2, 0.25) is 25.7 Å². The first-order chi connectivity index (χ1) is 17.6. The molecule has 0 spiro atoms. The molecule has 0 radical (unpaired) electrons. The van der Waals surface area contributed by atoms with Gasteiger partial charge in [-0.15, -0.1) is 5.10 Å². The molecule has 37 heavy (non-hydrogen) atoms. The van der Waals surface area contributed by atoms with E-state index in [1.807, 2.05) is 66.7 Å². The molecule has 1 heterocycles. The Bertz CT molecular complexity index is 1280. The molecule has 4 aromatic rings. The van der Waals surface area contributed by atoms with Gasteiger partial charge in [-0.25, -0.2) is 9.67 Å². The molecule has 0 unspecified atom stereocenters. The number of alkyl halides is 3. The first-order valence-corrected chi connectivity index (χ1v) is 15.8. The normalized spacial score (nSPS) is 12.1. The minimum absolute atomic E-state index is 0.0114. The molecule has 0 saturated heterocycles. The quantitative estimate of drug-likeness (QED) is 0.159. The minimum atomic E-state index is -4.63. The fourth-order valence-electron chi connectivity index (χ4n) is 3.59. The summed E-state index contributed by atoms with van der Waals surface area (Å²) in [7, 11) is -1.35. The molecule has 194 valence electrons. The Morgan fingerprint density at radius 2 is 1.41 bits per heavy atom. The van der Waals surface area contributed by atoms with E-state index in [1.165, 1.54) is 0 Å². The predicted molar refractivity (Wildman–Crippen MR) is 141 cm³/mol. The van der Waals surface area contributed by atoms with E-state index < -0.39 is 20.1 Å². The Labute approximate surface area is 215 Å². The summed E-state index contributed by atoms with van der Waals surface area (Å²) in [4.78, 5) is 3.78. The van der Waals surface area contributed by atoms with Gasteiger partial charge in [0.25, 0.3) is 0 Å². The highest BCUT2D eigenvalue weighted by molar-refractivity contribution is 6.76. The minimum Gasteiger partial charge on any atom is -0.489 e. The van der Waals surface area contributed by atoms with Crippen molar-refractivity contribution in [2.24, 2.45) is 0 Å². The SMILES string of the molecule is C[Si](C)(C)CCOCn1nc(-c2ccc(-c3ccc(OCc4ccccc4)cc3)cc2)nc1C(F)(F)F. The van der Waals surface area contributed by atoms with Crippen LogP contribution in [0.15, 0.2) is 78.9 Å². The molecule has 9 heteroatoms. The molecule has 3 aromatic carbocycles. The number of nitrogens with zero attached hydrogens (tertiary/aromatic N) is 3. The first-order valence-electron chi connectivity index (χ1n) is 12.1. The lowest BCUT2D eigenvalue weighted by atomic mass is 10.0. The lowest BCUT2D eigenvalue weighted by molar-refractivity contribution is -0.150. The highest BCUT2D eigenvalue weighted by Gasteiger charge is 2.38. The van der Waals surface area contributed by atoms with Gasteiger partial charge in [-0.1, -0.05) is 86.4 Å². The third-order valence-electron chi connectivity index (χ3n) is 5.71. The van der Waals surface area contributed by atoms with Crippen molar-refractivity contribution in [3.8, 4) is 28.3 Å². The Balaban J connectivity index is 1.43. The molecule has 0 saturated carbocycles. The van der Waals surface area contributed by atoms with Crippen LogP contribution in [0.4, 0.5) is 13.2 Å². The fourth-order valence-corrected chi connectivity index (χ4v) is 4.35. The highest BCUT2D eigenvalue weighted by atomic mass is 28.3. The lowest BCUT2D eigenvalue weighted by Crippen LogP contribution is -2.23. The largest absolute Gasteiger partial charge is 0.489 e. The third-order valence-corrected chi connectivity index (χ3v) is 7.42. The van der Waals surface area contributed by atoms with Gasteiger partial charge in [0.2, 0.25) is 5.82 Å². The summed E-state index contributed by atoms with van der Waals surface area (Å²) in [6, 6.07) is 25.6. The average molecular weight is 526 g/mol. The molecule has 0 aliphatic rings. The molecule has 0 N–H and O–H groups in total. The second kappa shape index (κ2) is 11.3. The second-order valence-electron chi connectivity index (χ2n) is 9.98. The highest BCUT2D eigenvalue weighted by Crippen LogP contribution is 2.31. The third kappa shape index (κ3) is 7.53. The van der Waals surface area contributed by atoms with Crippen molar-refractivity contribution in [3.63, 3.8) is 0 Å². The zero-order valence-electron chi connectivity index (χ0n) is 21.1. The van der Waals surface area contributed by atoms with Crippen LogP contribution in [0.5, 0.6) is 5.75 Å². The van der Waals surface area contributed by atoms with E-state index in [0.717, 1.165) is 33.2 Å². The lowest BCUT2D eigenvalue weighted by Gasteiger charge is -2.15. The van der Waals surface area contributed by atoms with E-state index in [9.17, 15) is 13.2 Å². The Kier molecular flexibility index (Phi) is 8.14. The van der Waals surface area contributed by atoms with Gasteiger partial charge < -0.3 is 9.47 Å². The predicted octanol–water partition coefficient (Wildman–Crippen LogP) is 7.52. The zero-order valence-corrected chi connectivity index (χ0v) is 22.1. The maximum atomic E-state index is 13.6. The summed E-state index contributed by atoms with van der Waals surface area (Å²) in [5.74, 6) is -0.297. The molecule has 0 amide bonds. The van der Waals surface area contributed by atoms with Crippen LogP contribution in [0.1, 0.15) is 11.4 Å². The molecule has 0 aliphatic carbocycles. The van der Waals surface area contributed by atoms with E-state index in [1.54, 1.807) is 12.1 Å². The van der Waals surface area contributed by atoms with Crippen molar-refractivity contribution in [1.29, 1.82) is 0 Å². The van der Waals surface area contributed by atoms with E-state index in [-0.39, 0.29) is 12.6 Å². The molecule has 4 rings (SSSR count). The van der Waals surface area contributed by atoms with Gasteiger partial charge in [-0.2, -0.15) is 13.2 Å². The molecule has 5 nitrogen and oxygen atoms in total. The van der Waals surface area contributed by atoms with E-state index >= 15 is 0 Å². The number of hydrogen-bond acceptors (Lipinski definition) is 4. The van der Waals surface area contributed by atoms with Gasteiger partial charge in [0.05, 0.1) is 0 Å². The van der Waals surface area contributed by atoms with Crippen molar-refractivity contribution in [1.82, 2.24) is 14.8 Å². The van der Waals surface area contributed by atoms with Gasteiger partial charge >= 0.3 is 6.18 Å². The summed E-state index contributed by atoms with van der Waals surface area (Å²) in [6.07, 6.45) is -4.63. The Morgan fingerprint density at radius 1 is 0.811 bits per heavy atom. The smallest absolute Gasteiger partial charge is 0.451 e. The van der Waals surface area contributed by atoms with Crippen LogP contribution in [-0.4, -0.2) is 29.4 Å². The molecular weight excluding hydrogens is 495 g/mol. The van der Waals surface area contributed by atoms with Crippen molar-refractivity contribution in [2.45, 2.75) is 45.2 Å². The van der Waals surface area contributed by atoms with Crippen molar-refractivity contribution < 1.29 is 22.6 Å². The van der Waals surface area contributed by atoms with Crippen molar-refractivity contribution in [3.05, 3.63) is 90.3 Å². The van der Waals surface area contributed by atoms with Crippen LogP contribution >= 0.6 is 0 Å². The van der Waals surface area contributed by atoms with E-state index in [2.05, 4.69) is 29.7 Å². The number of benzene rings is 3. The van der Waals surface area contributed by atoms with Gasteiger partial charge in [0.1, 0.15) is 19.1 Å².